The maximum Gasteiger partial charge on any atom is 0.272 e. The predicted octanol–water partition coefficient (Wildman–Crippen LogP) is 4.13. The van der Waals surface area contributed by atoms with Crippen molar-refractivity contribution < 1.29 is 13.9 Å². The quantitative estimate of drug-likeness (QED) is 0.606. The van der Waals surface area contributed by atoms with Gasteiger partial charge in [0.05, 0.1) is 7.11 Å². The summed E-state index contributed by atoms with van der Waals surface area (Å²) in [6, 6.07) is 15.6. The number of para-hydroxylation sites is 1. The molecule has 1 aromatic heterocycles. The van der Waals surface area contributed by atoms with Crippen molar-refractivity contribution in [3.63, 3.8) is 0 Å². The van der Waals surface area contributed by atoms with E-state index >= 15 is 0 Å². The van der Waals surface area contributed by atoms with Crippen molar-refractivity contribution in [1.82, 2.24) is 14.9 Å². The Balaban J connectivity index is 1.87. The molecule has 0 aliphatic heterocycles. The number of carbonyl (C=O) groups excluding carboxylic acids is 1. The van der Waals surface area contributed by atoms with Crippen LogP contribution in [0, 0.1) is 19.7 Å². The lowest BCUT2D eigenvalue weighted by Crippen LogP contribution is -2.33. The molecule has 0 unspecified atom stereocenters. The van der Waals surface area contributed by atoms with Gasteiger partial charge in [-0.3, -0.25) is 4.79 Å². The SMILES string of the molecule is COc1ccccc1CN(CCc1ccc(F)cc1)C(=O)c1cc(C)nc(C)n1. The molecule has 0 radical (unpaired) electrons. The minimum Gasteiger partial charge on any atom is -0.496 e. The molecule has 150 valence electrons. The first-order valence-corrected chi connectivity index (χ1v) is 9.44. The summed E-state index contributed by atoms with van der Waals surface area (Å²) >= 11 is 0. The molecule has 3 rings (SSSR count). The van der Waals surface area contributed by atoms with Gasteiger partial charge >= 0.3 is 0 Å². The summed E-state index contributed by atoms with van der Waals surface area (Å²) in [7, 11) is 1.61. The minimum absolute atomic E-state index is 0.174. The molecule has 29 heavy (non-hydrogen) atoms. The molecule has 3 aromatic rings. The van der Waals surface area contributed by atoms with Crippen molar-refractivity contribution >= 4 is 5.91 Å². The van der Waals surface area contributed by atoms with Crippen LogP contribution in [0.3, 0.4) is 0 Å². The first kappa shape index (κ1) is 20.5. The van der Waals surface area contributed by atoms with Gasteiger partial charge in [0.1, 0.15) is 23.1 Å². The van der Waals surface area contributed by atoms with E-state index in [4.69, 9.17) is 4.74 Å². The maximum absolute atomic E-state index is 13.3. The van der Waals surface area contributed by atoms with Crippen LogP contribution >= 0.6 is 0 Å². The highest BCUT2D eigenvalue weighted by Crippen LogP contribution is 2.21. The van der Waals surface area contributed by atoms with Gasteiger partial charge in [0, 0.05) is 24.3 Å². The van der Waals surface area contributed by atoms with E-state index in [9.17, 15) is 9.18 Å². The first-order chi connectivity index (χ1) is 14.0. The molecule has 0 aliphatic rings. The molecule has 5 nitrogen and oxygen atoms in total. The Morgan fingerprint density at radius 2 is 1.79 bits per heavy atom. The fourth-order valence-corrected chi connectivity index (χ4v) is 3.20. The van der Waals surface area contributed by atoms with E-state index < -0.39 is 0 Å². The Morgan fingerprint density at radius 3 is 2.48 bits per heavy atom. The van der Waals surface area contributed by atoms with Crippen molar-refractivity contribution in [2.24, 2.45) is 0 Å². The smallest absolute Gasteiger partial charge is 0.272 e. The second-order valence-electron chi connectivity index (χ2n) is 6.86. The Bertz CT molecular complexity index is 969. The molecule has 0 saturated carbocycles. The topological polar surface area (TPSA) is 55.3 Å². The number of carbonyl (C=O) groups is 1. The number of methoxy groups -OCH3 is 1. The van der Waals surface area contributed by atoms with E-state index in [1.54, 1.807) is 37.1 Å². The van der Waals surface area contributed by atoms with Crippen LogP contribution in [0.25, 0.3) is 0 Å². The summed E-state index contributed by atoms with van der Waals surface area (Å²) < 4.78 is 18.6. The average molecular weight is 393 g/mol. The second kappa shape index (κ2) is 9.28. The van der Waals surface area contributed by atoms with Gasteiger partial charge < -0.3 is 9.64 Å². The zero-order chi connectivity index (χ0) is 20.8. The zero-order valence-corrected chi connectivity index (χ0v) is 16.9. The van der Waals surface area contributed by atoms with Crippen LogP contribution in [-0.4, -0.2) is 34.4 Å². The van der Waals surface area contributed by atoms with Gasteiger partial charge in [0.2, 0.25) is 0 Å². The second-order valence-corrected chi connectivity index (χ2v) is 6.86. The third kappa shape index (κ3) is 5.38. The average Bonchev–Trinajstić information content (AvgIpc) is 2.71. The molecule has 1 amide bonds. The van der Waals surface area contributed by atoms with Gasteiger partial charge in [-0.25, -0.2) is 14.4 Å². The number of halogens is 1. The third-order valence-electron chi connectivity index (χ3n) is 4.61. The van der Waals surface area contributed by atoms with Crippen LogP contribution in [0.5, 0.6) is 5.75 Å². The van der Waals surface area contributed by atoms with E-state index in [-0.39, 0.29) is 11.7 Å². The summed E-state index contributed by atoms with van der Waals surface area (Å²) in [5, 5.41) is 0. The lowest BCUT2D eigenvalue weighted by Gasteiger charge is -2.24. The molecule has 0 bridgehead atoms. The number of amides is 1. The summed E-state index contributed by atoms with van der Waals surface area (Å²) in [6.07, 6.45) is 0.601. The monoisotopic (exact) mass is 393 g/mol. The van der Waals surface area contributed by atoms with E-state index in [2.05, 4.69) is 9.97 Å². The van der Waals surface area contributed by atoms with Gasteiger partial charge in [-0.15, -0.1) is 0 Å². The van der Waals surface area contributed by atoms with E-state index in [0.717, 1.165) is 22.6 Å². The Morgan fingerprint density at radius 1 is 1.07 bits per heavy atom. The molecule has 0 N–H and O–H groups in total. The van der Waals surface area contributed by atoms with Crippen molar-refractivity contribution in [2.75, 3.05) is 13.7 Å². The minimum atomic E-state index is -0.275. The molecule has 0 atom stereocenters. The largest absolute Gasteiger partial charge is 0.496 e. The van der Waals surface area contributed by atoms with E-state index in [0.29, 0.717) is 31.0 Å². The summed E-state index contributed by atoms with van der Waals surface area (Å²) in [4.78, 5) is 23.6. The van der Waals surface area contributed by atoms with Crippen molar-refractivity contribution in [3.05, 3.63) is 88.8 Å². The van der Waals surface area contributed by atoms with Gasteiger partial charge in [-0.05, 0) is 50.1 Å². The van der Waals surface area contributed by atoms with Crippen LogP contribution in [0.1, 0.15) is 33.1 Å². The standard InChI is InChI=1S/C23H24FN3O2/c1-16-14-21(26-17(2)25-16)23(28)27(13-12-18-8-10-20(24)11-9-18)15-19-6-4-5-7-22(19)29-3/h4-11,14H,12-13,15H2,1-3H3. The Hall–Kier alpha value is -3.28. The molecule has 1 heterocycles. The van der Waals surface area contributed by atoms with Crippen LogP contribution in [0.2, 0.25) is 0 Å². The molecule has 0 spiro atoms. The fourth-order valence-electron chi connectivity index (χ4n) is 3.20. The molecule has 6 heteroatoms. The summed E-state index contributed by atoms with van der Waals surface area (Å²) in [5.41, 5.74) is 2.98. The normalized spacial score (nSPS) is 10.6. The lowest BCUT2D eigenvalue weighted by molar-refractivity contribution is 0.0737. The highest BCUT2D eigenvalue weighted by molar-refractivity contribution is 5.92. The van der Waals surface area contributed by atoms with Crippen LogP contribution in [0.15, 0.2) is 54.6 Å². The number of aryl methyl sites for hydroxylation is 2. The van der Waals surface area contributed by atoms with Crippen LogP contribution in [-0.2, 0) is 13.0 Å². The number of benzene rings is 2. The fraction of sp³-hybridized carbons (Fsp3) is 0.261. The summed E-state index contributed by atoms with van der Waals surface area (Å²) in [6.45, 7) is 4.46. The first-order valence-electron chi connectivity index (χ1n) is 9.44. The zero-order valence-electron chi connectivity index (χ0n) is 16.9. The van der Waals surface area contributed by atoms with Crippen molar-refractivity contribution in [3.8, 4) is 5.75 Å². The summed E-state index contributed by atoms with van der Waals surface area (Å²) in [5.74, 6) is 0.834. The van der Waals surface area contributed by atoms with Crippen LogP contribution in [0.4, 0.5) is 4.39 Å². The molecular formula is C23H24FN3O2. The number of rotatable bonds is 7. The van der Waals surface area contributed by atoms with Crippen LogP contribution < -0.4 is 4.74 Å². The van der Waals surface area contributed by atoms with Crippen molar-refractivity contribution in [2.45, 2.75) is 26.8 Å². The van der Waals surface area contributed by atoms with Gasteiger partial charge in [-0.2, -0.15) is 0 Å². The highest BCUT2D eigenvalue weighted by Gasteiger charge is 2.20. The lowest BCUT2D eigenvalue weighted by atomic mass is 10.1. The Labute approximate surface area is 170 Å². The molecule has 0 saturated heterocycles. The Kier molecular flexibility index (Phi) is 6.54. The van der Waals surface area contributed by atoms with Gasteiger partial charge in [-0.1, -0.05) is 30.3 Å². The number of aromatic nitrogens is 2. The molecule has 0 fully saturated rings. The van der Waals surface area contributed by atoms with E-state index in [1.807, 2.05) is 31.2 Å². The van der Waals surface area contributed by atoms with E-state index in [1.165, 1.54) is 12.1 Å². The molecular weight excluding hydrogens is 369 g/mol. The maximum atomic E-state index is 13.3. The molecule has 0 aliphatic carbocycles. The van der Waals surface area contributed by atoms with Gasteiger partial charge in [0.25, 0.3) is 5.91 Å². The number of ether oxygens (including phenoxy) is 1. The third-order valence-corrected chi connectivity index (χ3v) is 4.61. The van der Waals surface area contributed by atoms with Crippen molar-refractivity contribution in [1.29, 1.82) is 0 Å². The number of nitrogens with zero attached hydrogens (tertiary/aromatic N) is 3. The predicted molar refractivity (Wildman–Crippen MR) is 109 cm³/mol. The van der Waals surface area contributed by atoms with Gasteiger partial charge in [0.15, 0.2) is 0 Å². The highest BCUT2D eigenvalue weighted by atomic mass is 19.1. The molecule has 2 aromatic carbocycles. The number of hydrogen-bond donors (Lipinski definition) is 0. The number of hydrogen-bond acceptors (Lipinski definition) is 4.